The maximum atomic E-state index is 6.74. The van der Waals surface area contributed by atoms with Crippen LogP contribution in [-0.4, -0.2) is 14.1 Å². The van der Waals surface area contributed by atoms with Crippen LogP contribution >= 0.6 is 0 Å². The van der Waals surface area contributed by atoms with Gasteiger partial charge in [-0.15, -0.1) is 0 Å². The van der Waals surface area contributed by atoms with E-state index in [0.29, 0.717) is 0 Å². The Bertz CT molecular complexity index is 3440. The van der Waals surface area contributed by atoms with Crippen molar-refractivity contribution < 1.29 is 13.7 Å². The van der Waals surface area contributed by atoms with Gasteiger partial charge >= 0.3 is 0 Å². The van der Waals surface area contributed by atoms with Gasteiger partial charge in [0.2, 0.25) is 0 Å². The number of hydrogen-bond donors (Lipinski definition) is 0. The molecular formula is C54H38N4O2. The monoisotopic (exact) mass is 774 g/mol. The van der Waals surface area contributed by atoms with Crippen molar-refractivity contribution in [3.05, 3.63) is 188 Å². The summed E-state index contributed by atoms with van der Waals surface area (Å²) in [6.07, 6.45) is 7.79. The molecule has 12 rings (SSSR count). The highest BCUT2D eigenvalue weighted by Crippen LogP contribution is 2.43. The summed E-state index contributed by atoms with van der Waals surface area (Å²) in [5.74, 6) is 2.30. The molecule has 0 amide bonds. The fourth-order valence-corrected chi connectivity index (χ4v) is 9.03. The highest BCUT2D eigenvalue weighted by Gasteiger charge is 2.24. The van der Waals surface area contributed by atoms with Crippen LogP contribution in [0.3, 0.4) is 0 Å². The van der Waals surface area contributed by atoms with Gasteiger partial charge in [0.1, 0.15) is 28.5 Å². The van der Waals surface area contributed by atoms with Crippen molar-refractivity contribution in [3.63, 3.8) is 0 Å². The van der Waals surface area contributed by atoms with E-state index in [1.165, 1.54) is 22.3 Å². The summed E-state index contributed by atoms with van der Waals surface area (Å²) in [6, 6.07) is 57.4. The first-order valence-electron chi connectivity index (χ1n) is 20.4. The second-order valence-electron chi connectivity index (χ2n) is 16.7. The first-order chi connectivity index (χ1) is 29.4. The lowest BCUT2D eigenvalue weighted by Crippen LogP contribution is -2.33. The number of imidazole rings is 1. The predicted octanol–water partition coefficient (Wildman–Crippen LogP) is 13.3. The molecule has 7 aromatic carbocycles. The van der Waals surface area contributed by atoms with Gasteiger partial charge in [-0.25, -0.2) is 4.98 Å². The number of pyridine rings is 1. The lowest BCUT2D eigenvalue weighted by atomic mass is 9.88. The zero-order valence-corrected chi connectivity index (χ0v) is 33.3. The molecule has 4 aromatic heterocycles. The summed E-state index contributed by atoms with van der Waals surface area (Å²) < 4.78 is 19.6. The molecule has 60 heavy (non-hydrogen) atoms. The summed E-state index contributed by atoms with van der Waals surface area (Å²) in [5, 5.41) is 4.35. The normalized spacial score (nSPS) is 12.2. The van der Waals surface area contributed by atoms with E-state index in [1.54, 1.807) is 0 Å². The average Bonchev–Trinajstić information content (AvgIpc) is 3.97. The molecule has 0 atom stereocenters. The van der Waals surface area contributed by atoms with Gasteiger partial charge in [-0.3, -0.25) is 13.7 Å². The van der Waals surface area contributed by atoms with Crippen LogP contribution in [0.2, 0.25) is 0 Å². The van der Waals surface area contributed by atoms with E-state index in [4.69, 9.17) is 14.1 Å². The van der Waals surface area contributed by atoms with E-state index in [0.717, 1.165) is 89.3 Å². The number of ether oxygens (including phenoxy) is 1. The van der Waals surface area contributed by atoms with Crippen LogP contribution in [-0.2, 0) is 5.41 Å². The topological polar surface area (TPSA) is 49.0 Å². The lowest BCUT2D eigenvalue weighted by molar-refractivity contribution is -0.587. The minimum absolute atomic E-state index is 0.0467. The van der Waals surface area contributed by atoms with Crippen LogP contribution in [0.1, 0.15) is 26.3 Å². The minimum Gasteiger partial charge on any atom is -0.458 e. The van der Waals surface area contributed by atoms with E-state index in [-0.39, 0.29) is 5.41 Å². The molecule has 1 aliphatic rings. The number of furan rings is 1. The number of nitrogens with zero attached hydrogens (tertiary/aromatic N) is 4. The average molecular weight is 775 g/mol. The first-order valence-corrected chi connectivity index (χ1v) is 20.4. The molecule has 0 fully saturated rings. The van der Waals surface area contributed by atoms with E-state index >= 15 is 0 Å². The number of hydrogen-bond acceptors (Lipinski definition) is 3. The van der Waals surface area contributed by atoms with E-state index < -0.39 is 0 Å². The quantitative estimate of drug-likeness (QED) is 0.132. The van der Waals surface area contributed by atoms with Gasteiger partial charge in [0, 0.05) is 40.0 Å². The fraction of sp³-hybridized carbons (Fsp3) is 0.0741. The van der Waals surface area contributed by atoms with Crippen molar-refractivity contribution in [2.45, 2.75) is 26.2 Å². The fourth-order valence-electron chi connectivity index (χ4n) is 9.03. The highest BCUT2D eigenvalue weighted by atomic mass is 16.5. The zero-order chi connectivity index (χ0) is 40.1. The largest absolute Gasteiger partial charge is 0.458 e. The molecule has 0 N–H and O–H groups in total. The Morgan fingerprint density at radius 2 is 1.27 bits per heavy atom. The van der Waals surface area contributed by atoms with Crippen LogP contribution in [0, 0.1) is 6.33 Å². The van der Waals surface area contributed by atoms with Gasteiger partial charge in [-0.2, -0.15) is 0 Å². The number of benzene rings is 7. The van der Waals surface area contributed by atoms with Crippen molar-refractivity contribution in [2.75, 3.05) is 0 Å². The van der Waals surface area contributed by atoms with Gasteiger partial charge in [0.25, 0.3) is 6.33 Å². The van der Waals surface area contributed by atoms with Gasteiger partial charge in [0.15, 0.2) is 0 Å². The number of aromatic nitrogens is 4. The Hall–Kier alpha value is -7.70. The van der Waals surface area contributed by atoms with E-state index in [9.17, 15) is 0 Å². The second kappa shape index (κ2) is 12.9. The molecule has 0 bridgehead atoms. The SMILES string of the molecule is CC(C)(C)c1ccnc(-n2c3cc(Oc4cccc(-n5[c-][n+]6c(c5)-c5ccccc5-c5ccccc5-c5ccccc5-6)c4)ccc3c3cc4oc5ccccc5c4cc32)c1. The molecule has 0 spiro atoms. The van der Waals surface area contributed by atoms with Gasteiger partial charge in [-0.1, -0.05) is 112 Å². The van der Waals surface area contributed by atoms with Gasteiger partial charge < -0.3 is 9.15 Å². The van der Waals surface area contributed by atoms with Crippen LogP contribution in [0.5, 0.6) is 11.5 Å². The van der Waals surface area contributed by atoms with E-state index in [1.807, 2.05) is 30.5 Å². The Balaban J connectivity index is 0.982. The zero-order valence-electron chi connectivity index (χ0n) is 33.3. The van der Waals surface area contributed by atoms with Crippen LogP contribution in [0.15, 0.2) is 181 Å². The van der Waals surface area contributed by atoms with E-state index in [2.05, 4.69) is 187 Å². The third kappa shape index (κ3) is 5.34. The van der Waals surface area contributed by atoms with Gasteiger partial charge in [0.05, 0.1) is 28.1 Å². The Morgan fingerprint density at radius 3 is 2.10 bits per heavy atom. The van der Waals surface area contributed by atoms with Gasteiger partial charge in [-0.05, 0) is 106 Å². The molecular weight excluding hydrogens is 737 g/mol. The Morgan fingerprint density at radius 1 is 0.567 bits per heavy atom. The standard InChI is InChI=1S/C54H38N4O2/c1-54(2,3)34-25-26-55-53(27-34)58-48-29-37(23-24-43(48)45-31-52-46(30-49(45)58)44-20-9-11-22-51(44)60-52)59-36-14-12-13-35(28-36)56-32-50-42-19-7-6-17-40(42)38-15-4-5-16-39(38)41-18-8-10-21-47(41)57(50)33-56/h4-32H,1-3H3. The smallest absolute Gasteiger partial charge is 0.269 e. The first kappa shape index (κ1) is 34.4. The predicted molar refractivity (Wildman–Crippen MR) is 241 cm³/mol. The minimum atomic E-state index is -0.0467. The maximum Gasteiger partial charge on any atom is 0.269 e. The van der Waals surface area contributed by atoms with Crippen molar-refractivity contribution in [3.8, 4) is 62.2 Å². The highest BCUT2D eigenvalue weighted by molar-refractivity contribution is 6.17. The Kier molecular flexibility index (Phi) is 7.39. The summed E-state index contributed by atoms with van der Waals surface area (Å²) in [7, 11) is 0. The molecule has 0 aliphatic carbocycles. The second-order valence-corrected chi connectivity index (χ2v) is 16.7. The molecule has 6 heteroatoms. The van der Waals surface area contributed by atoms with Crippen molar-refractivity contribution >= 4 is 43.7 Å². The molecule has 0 saturated carbocycles. The Labute approximate surface area is 346 Å². The third-order valence-electron chi connectivity index (χ3n) is 12.0. The molecule has 0 unspecified atom stereocenters. The molecule has 5 heterocycles. The summed E-state index contributed by atoms with van der Waals surface area (Å²) in [6.45, 7) is 6.70. The summed E-state index contributed by atoms with van der Waals surface area (Å²) >= 11 is 0. The van der Waals surface area contributed by atoms with Crippen molar-refractivity contribution in [1.29, 1.82) is 0 Å². The number of fused-ring (bicyclic) bond motifs is 14. The molecule has 6 nitrogen and oxygen atoms in total. The molecule has 1 aliphatic heterocycles. The number of rotatable bonds is 4. The maximum absolute atomic E-state index is 6.74. The van der Waals surface area contributed by atoms with Crippen molar-refractivity contribution in [1.82, 2.24) is 14.1 Å². The molecule has 11 aromatic rings. The molecule has 0 radical (unpaired) electrons. The molecule has 0 saturated heterocycles. The van der Waals surface area contributed by atoms with Crippen molar-refractivity contribution in [2.24, 2.45) is 0 Å². The third-order valence-corrected chi connectivity index (χ3v) is 12.0. The van der Waals surface area contributed by atoms with Crippen LogP contribution < -0.4 is 9.30 Å². The molecule has 286 valence electrons. The van der Waals surface area contributed by atoms with Crippen LogP contribution in [0.25, 0.3) is 94.4 Å². The summed E-state index contributed by atoms with van der Waals surface area (Å²) in [5.41, 5.74) is 14.0. The van der Waals surface area contributed by atoms with Crippen LogP contribution in [0.4, 0.5) is 0 Å². The lowest BCUT2D eigenvalue weighted by Gasteiger charge is -2.21. The summed E-state index contributed by atoms with van der Waals surface area (Å²) in [4.78, 5) is 4.95. The number of para-hydroxylation sites is 2.